The standard InChI is InChI=1S/C10H13NO2/c1-6(2)7(3)8-4-5-9(12)11-10(8)13/h8H,1,3-5H2,2H3,(H,11,12,13). The highest BCUT2D eigenvalue weighted by atomic mass is 16.2. The Morgan fingerprint density at radius 3 is 2.54 bits per heavy atom. The molecule has 0 aromatic rings. The van der Waals surface area contributed by atoms with E-state index in [-0.39, 0.29) is 17.7 Å². The lowest BCUT2D eigenvalue weighted by atomic mass is 9.88. The van der Waals surface area contributed by atoms with Crippen LogP contribution in [0.15, 0.2) is 24.3 Å². The normalized spacial score (nSPS) is 22.4. The zero-order valence-electron chi connectivity index (χ0n) is 7.72. The van der Waals surface area contributed by atoms with E-state index in [0.29, 0.717) is 12.8 Å². The van der Waals surface area contributed by atoms with Gasteiger partial charge in [-0.05, 0) is 18.9 Å². The second-order valence-electron chi connectivity index (χ2n) is 3.31. The molecule has 0 radical (unpaired) electrons. The summed E-state index contributed by atoms with van der Waals surface area (Å²) in [5, 5.41) is 2.29. The highest BCUT2D eigenvalue weighted by Gasteiger charge is 2.28. The van der Waals surface area contributed by atoms with Crippen LogP contribution in [0.4, 0.5) is 0 Å². The van der Waals surface area contributed by atoms with E-state index in [0.717, 1.165) is 11.1 Å². The van der Waals surface area contributed by atoms with Gasteiger partial charge in [0.05, 0.1) is 5.92 Å². The first-order chi connectivity index (χ1) is 6.02. The van der Waals surface area contributed by atoms with Crippen molar-refractivity contribution >= 4 is 11.8 Å². The van der Waals surface area contributed by atoms with Crippen LogP contribution >= 0.6 is 0 Å². The topological polar surface area (TPSA) is 46.2 Å². The predicted octanol–water partition coefficient (Wildman–Crippen LogP) is 1.17. The third-order valence-corrected chi connectivity index (χ3v) is 2.21. The van der Waals surface area contributed by atoms with Gasteiger partial charge in [0.1, 0.15) is 0 Å². The van der Waals surface area contributed by atoms with Gasteiger partial charge in [0.25, 0.3) is 0 Å². The van der Waals surface area contributed by atoms with Gasteiger partial charge in [-0.1, -0.05) is 18.7 Å². The van der Waals surface area contributed by atoms with Crippen molar-refractivity contribution in [3.05, 3.63) is 24.3 Å². The SMILES string of the molecule is C=C(C)C(=C)C1CCC(=O)NC1=O. The van der Waals surface area contributed by atoms with E-state index < -0.39 is 0 Å². The van der Waals surface area contributed by atoms with Crippen molar-refractivity contribution in [3.8, 4) is 0 Å². The van der Waals surface area contributed by atoms with Gasteiger partial charge in [0, 0.05) is 6.42 Å². The largest absolute Gasteiger partial charge is 0.296 e. The van der Waals surface area contributed by atoms with Gasteiger partial charge in [-0.15, -0.1) is 0 Å². The Kier molecular flexibility index (Phi) is 2.66. The molecule has 1 rings (SSSR count). The van der Waals surface area contributed by atoms with Crippen LogP contribution < -0.4 is 5.32 Å². The second kappa shape index (κ2) is 3.56. The van der Waals surface area contributed by atoms with Crippen molar-refractivity contribution in [1.82, 2.24) is 5.32 Å². The fourth-order valence-corrected chi connectivity index (χ4v) is 1.32. The number of rotatable bonds is 2. The molecule has 0 aromatic carbocycles. The average Bonchev–Trinajstić information content (AvgIpc) is 2.03. The van der Waals surface area contributed by atoms with E-state index in [4.69, 9.17) is 0 Å². The Hall–Kier alpha value is -1.38. The summed E-state index contributed by atoms with van der Waals surface area (Å²) in [6, 6.07) is 0. The zero-order valence-corrected chi connectivity index (χ0v) is 7.72. The molecule has 1 fully saturated rings. The maximum atomic E-state index is 11.3. The van der Waals surface area contributed by atoms with E-state index in [1.54, 1.807) is 0 Å². The fraction of sp³-hybridized carbons (Fsp3) is 0.400. The molecule has 1 aliphatic heterocycles. The number of piperidine rings is 1. The summed E-state index contributed by atoms with van der Waals surface area (Å²) in [4.78, 5) is 22.1. The molecule has 3 heteroatoms. The minimum atomic E-state index is -0.268. The lowest BCUT2D eigenvalue weighted by Crippen LogP contribution is -2.41. The van der Waals surface area contributed by atoms with Crippen LogP contribution in [0.25, 0.3) is 0 Å². The zero-order chi connectivity index (χ0) is 10.0. The first-order valence-corrected chi connectivity index (χ1v) is 4.20. The molecule has 70 valence electrons. The molecule has 0 aromatic heterocycles. The average molecular weight is 179 g/mol. The lowest BCUT2D eigenvalue weighted by Gasteiger charge is -2.22. The van der Waals surface area contributed by atoms with Crippen molar-refractivity contribution in [2.45, 2.75) is 19.8 Å². The number of carbonyl (C=O) groups is 2. The van der Waals surface area contributed by atoms with E-state index in [9.17, 15) is 9.59 Å². The molecule has 2 amide bonds. The molecule has 0 spiro atoms. The Balaban J connectivity index is 2.72. The molecule has 1 saturated heterocycles. The summed E-state index contributed by atoms with van der Waals surface area (Å²) in [5.41, 5.74) is 1.53. The Bertz CT molecular complexity index is 291. The van der Waals surface area contributed by atoms with E-state index in [1.807, 2.05) is 6.92 Å². The number of hydrogen-bond acceptors (Lipinski definition) is 2. The second-order valence-corrected chi connectivity index (χ2v) is 3.31. The molecule has 1 unspecified atom stereocenters. The molecule has 1 atom stereocenters. The number of imide groups is 1. The minimum Gasteiger partial charge on any atom is -0.296 e. The summed E-state index contributed by atoms with van der Waals surface area (Å²) in [6.07, 6.45) is 0.944. The number of nitrogens with one attached hydrogen (secondary N) is 1. The van der Waals surface area contributed by atoms with Gasteiger partial charge in [-0.25, -0.2) is 0 Å². The number of carbonyl (C=O) groups excluding carboxylic acids is 2. The summed E-state index contributed by atoms with van der Waals surface area (Å²) < 4.78 is 0. The maximum absolute atomic E-state index is 11.3. The Labute approximate surface area is 77.5 Å². The van der Waals surface area contributed by atoms with Crippen molar-refractivity contribution in [3.63, 3.8) is 0 Å². The fourth-order valence-electron chi connectivity index (χ4n) is 1.32. The van der Waals surface area contributed by atoms with Crippen molar-refractivity contribution in [1.29, 1.82) is 0 Å². The quantitative estimate of drug-likeness (QED) is 0.511. The number of hydrogen-bond donors (Lipinski definition) is 1. The summed E-state index contributed by atoms with van der Waals surface area (Å²) in [5.74, 6) is -0.713. The first kappa shape index (κ1) is 9.71. The molecule has 1 aliphatic rings. The minimum absolute atomic E-state index is 0.198. The molecule has 0 aliphatic carbocycles. The van der Waals surface area contributed by atoms with Gasteiger partial charge in [-0.2, -0.15) is 0 Å². The van der Waals surface area contributed by atoms with Gasteiger partial charge >= 0.3 is 0 Å². The molecule has 3 nitrogen and oxygen atoms in total. The van der Waals surface area contributed by atoms with Gasteiger partial charge in [0.15, 0.2) is 0 Å². The van der Waals surface area contributed by atoms with Gasteiger partial charge in [0.2, 0.25) is 11.8 Å². The third-order valence-electron chi connectivity index (χ3n) is 2.21. The third kappa shape index (κ3) is 2.05. The highest BCUT2D eigenvalue weighted by molar-refractivity contribution is 6.00. The molecule has 1 N–H and O–H groups in total. The van der Waals surface area contributed by atoms with Crippen LogP contribution in [-0.4, -0.2) is 11.8 Å². The maximum Gasteiger partial charge on any atom is 0.234 e. The summed E-state index contributed by atoms with van der Waals surface area (Å²) >= 11 is 0. The molecular formula is C10H13NO2. The van der Waals surface area contributed by atoms with E-state index >= 15 is 0 Å². The predicted molar refractivity (Wildman–Crippen MR) is 49.8 cm³/mol. The van der Waals surface area contributed by atoms with Gasteiger partial charge < -0.3 is 0 Å². The van der Waals surface area contributed by atoms with E-state index in [1.165, 1.54) is 0 Å². The molecule has 1 heterocycles. The molecule has 0 bridgehead atoms. The Morgan fingerprint density at radius 2 is 2.08 bits per heavy atom. The smallest absolute Gasteiger partial charge is 0.234 e. The van der Waals surface area contributed by atoms with Crippen molar-refractivity contribution < 1.29 is 9.59 Å². The van der Waals surface area contributed by atoms with E-state index in [2.05, 4.69) is 18.5 Å². The summed E-state index contributed by atoms with van der Waals surface area (Å²) in [7, 11) is 0. The first-order valence-electron chi connectivity index (χ1n) is 4.20. The van der Waals surface area contributed by atoms with Crippen LogP contribution in [0.2, 0.25) is 0 Å². The highest BCUT2D eigenvalue weighted by Crippen LogP contribution is 2.23. The van der Waals surface area contributed by atoms with Gasteiger partial charge in [-0.3, -0.25) is 14.9 Å². The van der Waals surface area contributed by atoms with Crippen LogP contribution in [-0.2, 0) is 9.59 Å². The lowest BCUT2D eigenvalue weighted by molar-refractivity contribution is -0.135. The molecule has 13 heavy (non-hydrogen) atoms. The van der Waals surface area contributed by atoms with Crippen LogP contribution in [0.3, 0.4) is 0 Å². The molecular weight excluding hydrogens is 166 g/mol. The monoisotopic (exact) mass is 179 g/mol. The van der Waals surface area contributed by atoms with Crippen molar-refractivity contribution in [2.24, 2.45) is 5.92 Å². The Morgan fingerprint density at radius 1 is 1.46 bits per heavy atom. The van der Waals surface area contributed by atoms with Crippen LogP contribution in [0, 0.1) is 5.92 Å². The van der Waals surface area contributed by atoms with Crippen LogP contribution in [0.5, 0.6) is 0 Å². The number of amides is 2. The van der Waals surface area contributed by atoms with Crippen LogP contribution in [0.1, 0.15) is 19.8 Å². The number of allylic oxidation sites excluding steroid dienone is 1. The van der Waals surface area contributed by atoms with Crippen molar-refractivity contribution in [2.75, 3.05) is 0 Å². The summed E-state index contributed by atoms with van der Waals surface area (Å²) in [6.45, 7) is 9.31. The molecule has 0 saturated carbocycles.